The van der Waals surface area contributed by atoms with Crippen molar-refractivity contribution >= 4 is 0 Å². The maximum atomic E-state index is 4.37. The fourth-order valence-electron chi connectivity index (χ4n) is 3.64. The summed E-state index contributed by atoms with van der Waals surface area (Å²) in [4.78, 5) is 2.60. The van der Waals surface area contributed by atoms with E-state index in [1.807, 2.05) is 0 Å². The molecule has 1 unspecified atom stereocenters. The zero-order chi connectivity index (χ0) is 16.9. The minimum Gasteiger partial charge on any atom is -0.303 e. The molecule has 2 heterocycles. The van der Waals surface area contributed by atoms with Gasteiger partial charge < -0.3 is 4.90 Å². The van der Waals surface area contributed by atoms with Crippen molar-refractivity contribution in [2.24, 2.45) is 5.92 Å². The summed E-state index contributed by atoms with van der Waals surface area (Å²) in [6, 6.07) is 11.4. The topological polar surface area (TPSA) is 34.0 Å². The van der Waals surface area contributed by atoms with Gasteiger partial charge in [-0.1, -0.05) is 56.3 Å². The Labute approximate surface area is 145 Å². The first-order valence-electron chi connectivity index (χ1n) is 9.30. The third-order valence-corrected chi connectivity index (χ3v) is 5.01. The van der Waals surface area contributed by atoms with E-state index in [2.05, 4.69) is 77.2 Å². The molecule has 0 aliphatic carbocycles. The van der Waals surface area contributed by atoms with E-state index < -0.39 is 0 Å². The number of aromatic nitrogens is 3. The van der Waals surface area contributed by atoms with Gasteiger partial charge in [-0.3, -0.25) is 0 Å². The lowest BCUT2D eigenvalue weighted by Crippen LogP contribution is -2.37. The fourth-order valence-corrected chi connectivity index (χ4v) is 3.64. The van der Waals surface area contributed by atoms with Gasteiger partial charge in [0.2, 0.25) is 0 Å². The van der Waals surface area contributed by atoms with E-state index in [0.717, 1.165) is 31.7 Å². The Kier molecular flexibility index (Phi) is 5.67. The van der Waals surface area contributed by atoms with Crippen molar-refractivity contribution in [2.45, 2.75) is 52.0 Å². The van der Waals surface area contributed by atoms with Crippen molar-refractivity contribution in [1.82, 2.24) is 19.9 Å². The maximum absolute atomic E-state index is 4.37. The predicted molar refractivity (Wildman–Crippen MR) is 98.1 cm³/mol. The van der Waals surface area contributed by atoms with Crippen LogP contribution >= 0.6 is 0 Å². The molecule has 0 radical (unpaired) electrons. The second-order valence-electron chi connectivity index (χ2n) is 7.63. The van der Waals surface area contributed by atoms with Gasteiger partial charge in [0.15, 0.2) is 0 Å². The number of piperidine rings is 1. The Morgan fingerprint density at radius 1 is 1.08 bits per heavy atom. The van der Waals surface area contributed by atoms with Crippen LogP contribution in [0.25, 0.3) is 0 Å². The fraction of sp³-hybridized carbons (Fsp3) is 0.600. The van der Waals surface area contributed by atoms with Crippen molar-refractivity contribution in [3.63, 3.8) is 0 Å². The highest BCUT2D eigenvalue weighted by Gasteiger charge is 2.23. The van der Waals surface area contributed by atoms with E-state index in [1.165, 1.54) is 18.4 Å². The Bertz CT molecular complexity index is 612. The predicted octanol–water partition coefficient (Wildman–Crippen LogP) is 3.92. The third kappa shape index (κ3) is 4.44. The van der Waals surface area contributed by atoms with Gasteiger partial charge in [-0.15, -0.1) is 5.10 Å². The largest absolute Gasteiger partial charge is 0.303 e. The summed E-state index contributed by atoms with van der Waals surface area (Å²) in [7, 11) is 0. The zero-order valence-corrected chi connectivity index (χ0v) is 15.2. The molecule has 4 nitrogen and oxygen atoms in total. The van der Waals surface area contributed by atoms with E-state index in [9.17, 15) is 0 Å². The Hall–Kier alpha value is -1.68. The quantitative estimate of drug-likeness (QED) is 0.807. The van der Waals surface area contributed by atoms with Crippen molar-refractivity contribution in [3.05, 3.63) is 47.8 Å². The van der Waals surface area contributed by atoms with Gasteiger partial charge in [0.05, 0.1) is 11.7 Å². The lowest BCUT2D eigenvalue weighted by atomic mass is 9.98. The van der Waals surface area contributed by atoms with Crippen LogP contribution in [0.2, 0.25) is 0 Å². The van der Waals surface area contributed by atoms with Crippen molar-refractivity contribution in [2.75, 3.05) is 19.6 Å². The van der Waals surface area contributed by atoms with Gasteiger partial charge in [-0.05, 0) is 36.7 Å². The molecule has 24 heavy (non-hydrogen) atoms. The molecule has 0 saturated carbocycles. The second-order valence-corrected chi connectivity index (χ2v) is 7.63. The highest BCUT2D eigenvalue weighted by atomic mass is 15.4. The molecule has 1 aliphatic heterocycles. The molecule has 1 saturated heterocycles. The normalized spacial score (nSPS) is 18.2. The maximum Gasteiger partial charge on any atom is 0.0829 e. The molecule has 130 valence electrons. The number of hydrogen-bond donors (Lipinski definition) is 0. The molecule has 0 amide bonds. The third-order valence-electron chi connectivity index (χ3n) is 5.01. The van der Waals surface area contributed by atoms with Crippen molar-refractivity contribution in [3.8, 4) is 0 Å². The first-order chi connectivity index (χ1) is 11.6. The molecule has 3 rings (SSSR count). The van der Waals surface area contributed by atoms with Crippen LogP contribution in [0, 0.1) is 5.92 Å². The molecule has 1 aromatic carbocycles. The molecule has 1 fully saturated rings. The van der Waals surface area contributed by atoms with Crippen LogP contribution in [-0.2, 0) is 6.42 Å². The summed E-state index contributed by atoms with van der Waals surface area (Å²) < 4.78 is 2.11. The number of rotatable bonds is 6. The molecule has 0 N–H and O–H groups in total. The average Bonchev–Trinajstić information content (AvgIpc) is 3.04. The van der Waals surface area contributed by atoms with E-state index in [4.69, 9.17) is 0 Å². The van der Waals surface area contributed by atoms with E-state index in [1.54, 1.807) is 0 Å². The van der Waals surface area contributed by atoms with Crippen LogP contribution in [0.3, 0.4) is 0 Å². The number of hydrogen-bond acceptors (Lipinski definition) is 3. The molecule has 0 bridgehead atoms. The van der Waals surface area contributed by atoms with Gasteiger partial charge in [0, 0.05) is 25.8 Å². The minimum atomic E-state index is 0.515. The average molecular weight is 326 g/mol. The molecule has 2 aromatic rings. The second kappa shape index (κ2) is 7.93. The van der Waals surface area contributed by atoms with E-state index in [0.29, 0.717) is 17.9 Å². The van der Waals surface area contributed by atoms with Crippen LogP contribution in [0.4, 0.5) is 0 Å². The van der Waals surface area contributed by atoms with E-state index >= 15 is 0 Å². The first kappa shape index (κ1) is 17.2. The van der Waals surface area contributed by atoms with Gasteiger partial charge in [-0.25, -0.2) is 4.68 Å². The molecule has 1 aromatic heterocycles. The SMILES string of the molecule is CC(C)Cc1cn(C2CCN(CC(C)c3ccccc3)CC2)nn1. The molecule has 1 aliphatic rings. The zero-order valence-electron chi connectivity index (χ0n) is 15.2. The van der Waals surface area contributed by atoms with Crippen molar-refractivity contribution in [1.29, 1.82) is 0 Å². The van der Waals surface area contributed by atoms with Gasteiger partial charge in [-0.2, -0.15) is 0 Å². The van der Waals surface area contributed by atoms with Gasteiger partial charge in [0.25, 0.3) is 0 Å². The Morgan fingerprint density at radius 2 is 1.79 bits per heavy atom. The first-order valence-corrected chi connectivity index (χ1v) is 9.30. The smallest absolute Gasteiger partial charge is 0.0829 e. The number of likely N-dealkylation sites (tertiary alicyclic amines) is 1. The lowest BCUT2D eigenvalue weighted by molar-refractivity contribution is 0.172. The molecular weight excluding hydrogens is 296 g/mol. The number of benzene rings is 1. The summed E-state index contributed by atoms with van der Waals surface area (Å²) in [6.45, 7) is 10.2. The van der Waals surface area contributed by atoms with Crippen LogP contribution in [0.15, 0.2) is 36.5 Å². The van der Waals surface area contributed by atoms with Crippen LogP contribution in [-0.4, -0.2) is 39.5 Å². The van der Waals surface area contributed by atoms with E-state index in [-0.39, 0.29) is 0 Å². The summed E-state index contributed by atoms with van der Waals surface area (Å²) in [5, 5.41) is 8.71. The van der Waals surface area contributed by atoms with Crippen LogP contribution in [0.5, 0.6) is 0 Å². The Balaban J connectivity index is 1.49. The highest BCUT2D eigenvalue weighted by Crippen LogP contribution is 2.24. The summed E-state index contributed by atoms with van der Waals surface area (Å²) in [5.41, 5.74) is 2.57. The lowest BCUT2D eigenvalue weighted by Gasteiger charge is -2.33. The Morgan fingerprint density at radius 3 is 2.46 bits per heavy atom. The number of nitrogens with zero attached hydrogens (tertiary/aromatic N) is 4. The van der Waals surface area contributed by atoms with Gasteiger partial charge in [0.1, 0.15) is 0 Å². The summed E-state index contributed by atoms with van der Waals surface area (Å²) >= 11 is 0. The van der Waals surface area contributed by atoms with Crippen LogP contribution in [0.1, 0.15) is 56.8 Å². The monoisotopic (exact) mass is 326 g/mol. The minimum absolute atomic E-state index is 0.515. The summed E-state index contributed by atoms with van der Waals surface area (Å²) in [5.74, 6) is 1.23. The summed E-state index contributed by atoms with van der Waals surface area (Å²) in [6.07, 6.45) is 5.53. The van der Waals surface area contributed by atoms with Gasteiger partial charge >= 0.3 is 0 Å². The highest BCUT2D eigenvalue weighted by molar-refractivity contribution is 5.19. The molecule has 4 heteroatoms. The van der Waals surface area contributed by atoms with Crippen molar-refractivity contribution < 1.29 is 0 Å². The standard InChI is InChI=1S/C20H30N4/c1-16(2)13-19-15-24(22-21-19)20-9-11-23(12-10-20)14-17(3)18-7-5-4-6-8-18/h4-8,15-17,20H,9-14H2,1-3H3. The molecular formula is C20H30N4. The molecule has 1 atom stereocenters. The van der Waals surface area contributed by atoms with Crippen LogP contribution < -0.4 is 0 Å². The molecule has 0 spiro atoms.